The van der Waals surface area contributed by atoms with Crippen molar-refractivity contribution in [2.24, 2.45) is 23.7 Å². The van der Waals surface area contributed by atoms with Crippen LogP contribution in [0.5, 0.6) is 0 Å². The molecule has 0 amide bonds. The molecule has 2 heteroatoms. The highest BCUT2D eigenvalue weighted by Crippen LogP contribution is 2.42. The lowest BCUT2D eigenvalue weighted by Crippen LogP contribution is -2.25. The Morgan fingerprint density at radius 2 is 1.48 bits per heavy atom. The number of carbonyl (C=O) groups is 1. The Bertz CT molecular complexity index is 421. The first kappa shape index (κ1) is 20.3. The van der Waals surface area contributed by atoms with Crippen LogP contribution in [-0.2, 0) is 4.79 Å². The highest BCUT2D eigenvalue weighted by molar-refractivity contribution is 5.80. The molecule has 0 spiro atoms. The average Bonchev–Trinajstić information content (AvgIpc) is 2.63. The van der Waals surface area contributed by atoms with Gasteiger partial charge in [0.25, 0.3) is 0 Å². The quantitative estimate of drug-likeness (QED) is 0.284. The fourth-order valence-corrected chi connectivity index (χ4v) is 5.01. The van der Waals surface area contributed by atoms with E-state index in [1.807, 2.05) is 6.08 Å². The van der Waals surface area contributed by atoms with Gasteiger partial charge in [-0.05, 0) is 68.6 Å². The first-order valence-electron chi connectivity index (χ1n) is 10.7. The summed E-state index contributed by atoms with van der Waals surface area (Å²) in [5.41, 5.74) is 0. The summed E-state index contributed by atoms with van der Waals surface area (Å²) in [7, 11) is 0. The lowest BCUT2D eigenvalue weighted by atomic mass is 9.68. The minimum Gasteiger partial charge on any atom is -0.478 e. The van der Waals surface area contributed by atoms with Gasteiger partial charge in [-0.1, -0.05) is 63.7 Å². The van der Waals surface area contributed by atoms with Crippen LogP contribution in [0.1, 0.15) is 90.4 Å². The molecule has 25 heavy (non-hydrogen) atoms. The predicted molar refractivity (Wildman–Crippen MR) is 106 cm³/mol. The number of hydrogen-bond donors (Lipinski definition) is 1. The van der Waals surface area contributed by atoms with Crippen LogP contribution in [0, 0.1) is 23.7 Å². The second kappa shape index (κ2) is 11.5. The number of aliphatic carboxylic acids is 1. The minimum absolute atomic E-state index is 0.816. The number of carboxylic acids is 1. The molecule has 0 bridgehead atoms. The third-order valence-corrected chi connectivity index (χ3v) is 6.62. The van der Waals surface area contributed by atoms with Gasteiger partial charge in [0.1, 0.15) is 0 Å². The molecule has 0 radical (unpaired) electrons. The maximum atomic E-state index is 10.4. The van der Waals surface area contributed by atoms with E-state index in [4.69, 9.17) is 5.11 Å². The molecule has 1 N–H and O–H groups in total. The lowest BCUT2D eigenvalue weighted by molar-refractivity contribution is -0.131. The van der Waals surface area contributed by atoms with E-state index in [2.05, 4.69) is 13.0 Å². The molecule has 0 saturated heterocycles. The van der Waals surface area contributed by atoms with Crippen molar-refractivity contribution in [3.05, 3.63) is 24.3 Å². The molecule has 0 atom stereocenters. The summed E-state index contributed by atoms with van der Waals surface area (Å²) in [6.07, 6.45) is 25.2. The van der Waals surface area contributed by atoms with Crippen molar-refractivity contribution in [1.82, 2.24) is 0 Å². The van der Waals surface area contributed by atoms with Crippen molar-refractivity contribution < 1.29 is 9.90 Å². The Hall–Kier alpha value is -1.05. The topological polar surface area (TPSA) is 37.3 Å². The average molecular weight is 347 g/mol. The van der Waals surface area contributed by atoms with Crippen molar-refractivity contribution in [2.75, 3.05) is 0 Å². The molecular weight excluding hydrogens is 308 g/mol. The van der Waals surface area contributed by atoms with Crippen molar-refractivity contribution in [2.45, 2.75) is 90.4 Å². The first-order valence-corrected chi connectivity index (χ1v) is 10.7. The maximum Gasteiger partial charge on any atom is 0.328 e. The second-order valence-corrected chi connectivity index (χ2v) is 8.42. The Morgan fingerprint density at radius 1 is 0.880 bits per heavy atom. The zero-order valence-electron chi connectivity index (χ0n) is 16.2. The summed E-state index contributed by atoms with van der Waals surface area (Å²) in [6.45, 7) is 2.30. The number of carboxylic acid groups (broad SMARTS) is 1. The van der Waals surface area contributed by atoms with Gasteiger partial charge in [0, 0.05) is 6.08 Å². The summed E-state index contributed by atoms with van der Waals surface area (Å²) < 4.78 is 0. The van der Waals surface area contributed by atoms with Gasteiger partial charge in [-0.2, -0.15) is 0 Å². The standard InChI is InChI=1S/C23H38O2/c1-2-3-5-8-19-11-15-21(16-12-19)22-17-13-20(14-18-22)9-6-4-7-10-23(24)25/h4,6-7,10,19-22H,2-3,5,8-9,11-18H2,1H3,(H,24,25). The van der Waals surface area contributed by atoms with Crippen molar-refractivity contribution in [3.8, 4) is 0 Å². The fourth-order valence-electron chi connectivity index (χ4n) is 5.01. The molecular formula is C23H38O2. The molecule has 2 rings (SSSR count). The molecule has 0 heterocycles. The summed E-state index contributed by atoms with van der Waals surface area (Å²) in [6, 6.07) is 0. The van der Waals surface area contributed by atoms with Crippen LogP contribution in [-0.4, -0.2) is 11.1 Å². The van der Waals surface area contributed by atoms with E-state index in [1.165, 1.54) is 83.1 Å². The van der Waals surface area contributed by atoms with Crippen LogP contribution >= 0.6 is 0 Å². The van der Waals surface area contributed by atoms with Gasteiger partial charge in [0.05, 0.1) is 0 Å². The van der Waals surface area contributed by atoms with Gasteiger partial charge in [-0.3, -0.25) is 0 Å². The van der Waals surface area contributed by atoms with Crippen LogP contribution < -0.4 is 0 Å². The van der Waals surface area contributed by atoms with E-state index in [0.29, 0.717) is 0 Å². The highest BCUT2D eigenvalue weighted by Gasteiger charge is 2.30. The van der Waals surface area contributed by atoms with Gasteiger partial charge in [0.15, 0.2) is 0 Å². The molecule has 0 aromatic rings. The van der Waals surface area contributed by atoms with Crippen LogP contribution in [0.25, 0.3) is 0 Å². The second-order valence-electron chi connectivity index (χ2n) is 8.42. The number of unbranched alkanes of at least 4 members (excludes halogenated alkanes) is 2. The molecule has 0 aliphatic heterocycles. The Labute approximate surface area is 154 Å². The SMILES string of the molecule is CCCCCC1CCC(C2CCC(CC=CC=CC(=O)O)CC2)CC1. The molecule has 142 valence electrons. The molecule has 2 saturated carbocycles. The van der Waals surface area contributed by atoms with Crippen molar-refractivity contribution in [3.63, 3.8) is 0 Å². The van der Waals surface area contributed by atoms with Crippen LogP contribution in [0.15, 0.2) is 24.3 Å². The molecule has 2 fully saturated rings. The Morgan fingerprint density at radius 3 is 2.04 bits per heavy atom. The number of rotatable bonds is 9. The lowest BCUT2D eigenvalue weighted by Gasteiger charge is -2.37. The van der Waals surface area contributed by atoms with E-state index < -0.39 is 5.97 Å². The van der Waals surface area contributed by atoms with Gasteiger partial charge < -0.3 is 5.11 Å². The zero-order chi connectivity index (χ0) is 17.9. The fraction of sp³-hybridized carbons (Fsp3) is 0.783. The molecule has 0 aromatic carbocycles. The molecule has 2 aliphatic carbocycles. The summed E-state index contributed by atoms with van der Waals surface area (Å²) >= 11 is 0. The van der Waals surface area contributed by atoms with Crippen molar-refractivity contribution >= 4 is 5.97 Å². The van der Waals surface area contributed by atoms with E-state index in [0.717, 1.165) is 30.1 Å². The summed E-state index contributed by atoms with van der Waals surface area (Å²) in [5, 5.41) is 8.56. The molecule has 2 nitrogen and oxygen atoms in total. The van der Waals surface area contributed by atoms with E-state index >= 15 is 0 Å². The highest BCUT2D eigenvalue weighted by atomic mass is 16.4. The van der Waals surface area contributed by atoms with Crippen LogP contribution in [0.2, 0.25) is 0 Å². The van der Waals surface area contributed by atoms with Gasteiger partial charge in [0.2, 0.25) is 0 Å². The third kappa shape index (κ3) is 7.79. The first-order chi connectivity index (χ1) is 12.2. The number of allylic oxidation sites excluding steroid dienone is 3. The largest absolute Gasteiger partial charge is 0.478 e. The summed E-state index contributed by atoms with van der Waals surface area (Å²) in [4.78, 5) is 10.4. The van der Waals surface area contributed by atoms with Gasteiger partial charge >= 0.3 is 5.97 Å². The Kier molecular flexibility index (Phi) is 9.36. The monoisotopic (exact) mass is 346 g/mol. The van der Waals surface area contributed by atoms with E-state index in [-0.39, 0.29) is 0 Å². The number of hydrogen-bond acceptors (Lipinski definition) is 1. The van der Waals surface area contributed by atoms with Crippen LogP contribution in [0.3, 0.4) is 0 Å². The molecule has 2 aliphatic rings. The predicted octanol–water partition coefficient (Wildman–Crippen LogP) is 6.77. The maximum absolute atomic E-state index is 10.4. The Balaban J connectivity index is 1.60. The van der Waals surface area contributed by atoms with E-state index in [1.54, 1.807) is 6.08 Å². The molecule has 0 unspecified atom stereocenters. The minimum atomic E-state index is -0.870. The smallest absolute Gasteiger partial charge is 0.328 e. The molecule has 0 aromatic heterocycles. The third-order valence-electron chi connectivity index (χ3n) is 6.62. The van der Waals surface area contributed by atoms with Gasteiger partial charge in [-0.25, -0.2) is 4.79 Å². The summed E-state index contributed by atoms with van der Waals surface area (Å²) in [5.74, 6) is 2.98. The van der Waals surface area contributed by atoms with E-state index in [9.17, 15) is 4.79 Å². The zero-order valence-corrected chi connectivity index (χ0v) is 16.2. The van der Waals surface area contributed by atoms with Gasteiger partial charge in [-0.15, -0.1) is 0 Å². The normalized spacial score (nSPS) is 30.9. The van der Waals surface area contributed by atoms with Crippen molar-refractivity contribution in [1.29, 1.82) is 0 Å². The van der Waals surface area contributed by atoms with Crippen LogP contribution in [0.4, 0.5) is 0 Å².